The maximum Gasteiger partial charge on any atom is 0.335 e. The lowest BCUT2D eigenvalue weighted by atomic mass is 10.1. The van der Waals surface area contributed by atoms with Crippen LogP contribution in [0.15, 0.2) is 70.0 Å². The highest BCUT2D eigenvalue weighted by Gasteiger charge is 2.36. The Labute approximate surface area is 192 Å². The summed E-state index contributed by atoms with van der Waals surface area (Å²) < 4.78 is 5.71. The molecule has 0 spiro atoms. The number of hydrogen-bond donors (Lipinski definition) is 2. The molecule has 3 amide bonds. The zero-order valence-electron chi connectivity index (χ0n) is 17.4. The number of nitrogens with zero attached hydrogens (tertiary/aromatic N) is 1. The van der Waals surface area contributed by atoms with Crippen LogP contribution in [0, 0.1) is 6.92 Å². The summed E-state index contributed by atoms with van der Waals surface area (Å²) in [4.78, 5) is 49.5. The quantitative estimate of drug-likeness (QED) is 0.513. The van der Waals surface area contributed by atoms with E-state index >= 15 is 0 Å². The second-order valence-corrected chi connectivity index (χ2v) is 8.27. The summed E-state index contributed by atoms with van der Waals surface area (Å²) in [6.07, 6.45) is 1.42. The first kappa shape index (κ1) is 22.1. The first-order valence-corrected chi connectivity index (χ1v) is 10.7. The Morgan fingerprint density at radius 3 is 2.64 bits per heavy atom. The van der Waals surface area contributed by atoms with Crippen LogP contribution in [0.4, 0.5) is 10.5 Å². The van der Waals surface area contributed by atoms with Gasteiger partial charge in [0.25, 0.3) is 11.1 Å². The molecule has 2 N–H and O–H groups in total. The van der Waals surface area contributed by atoms with Crippen molar-refractivity contribution in [2.75, 3.05) is 11.9 Å². The Bertz CT molecular complexity index is 1310. The van der Waals surface area contributed by atoms with Crippen molar-refractivity contribution in [2.24, 2.45) is 0 Å². The van der Waals surface area contributed by atoms with E-state index in [9.17, 15) is 19.2 Å². The summed E-state index contributed by atoms with van der Waals surface area (Å²) in [6.45, 7) is 1.49. The van der Waals surface area contributed by atoms with Crippen molar-refractivity contribution in [1.29, 1.82) is 0 Å². The molecule has 33 heavy (non-hydrogen) atoms. The molecule has 8 nitrogen and oxygen atoms in total. The van der Waals surface area contributed by atoms with Crippen molar-refractivity contribution < 1.29 is 28.7 Å². The fraction of sp³-hybridized carbons (Fsp3) is 0.0833. The van der Waals surface area contributed by atoms with Crippen LogP contribution in [0.25, 0.3) is 17.4 Å². The Kier molecular flexibility index (Phi) is 6.14. The van der Waals surface area contributed by atoms with Crippen LogP contribution in [0.3, 0.4) is 0 Å². The van der Waals surface area contributed by atoms with E-state index in [1.54, 1.807) is 42.5 Å². The van der Waals surface area contributed by atoms with E-state index in [1.165, 1.54) is 18.2 Å². The van der Waals surface area contributed by atoms with Crippen molar-refractivity contribution in [3.63, 3.8) is 0 Å². The number of imide groups is 1. The van der Waals surface area contributed by atoms with Crippen molar-refractivity contribution in [1.82, 2.24) is 4.90 Å². The number of aryl methyl sites for hydroxylation is 1. The van der Waals surface area contributed by atoms with Crippen molar-refractivity contribution >= 4 is 46.5 Å². The van der Waals surface area contributed by atoms with Crippen molar-refractivity contribution in [3.8, 4) is 11.3 Å². The predicted molar refractivity (Wildman–Crippen MR) is 124 cm³/mol. The molecule has 0 bridgehead atoms. The first-order chi connectivity index (χ1) is 15.8. The van der Waals surface area contributed by atoms with E-state index in [-0.39, 0.29) is 10.5 Å². The summed E-state index contributed by atoms with van der Waals surface area (Å²) in [7, 11) is 0. The SMILES string of the molecule is Cc1cccc(NC(=O)CN2C(=O)S/C(=C/c3ccc(-c4cccc(C(=O)O)c4)o3)C2=O)c1. The summed E-state index contributed by atoms with van der Waals surface area (Å²) >= 11 is 0.720. The third-order valence-corrected chi connectivity index (χ3v) is 5.68. The molecular formula is C24H18N2O6S. The topological polar surface area (TPSA) is 117 Å². The average Bonchev–Trinajstić information content (AvgIpc) is 3.34. The Hall–Kier alpha value is -4.11. The Morgan fingerprint density at radius 1 is 1.09 bits per heavy atom. The molecule has 166 valence electrons. The van der Waals surface area contributed by atoms with Crippen LogP contribution in [-0.2, 0) is 9.59 Å². The minimum absolute atomic E-state index is 0.121. The molecule has 9 heteroatoms. The maximum atomic E-state index is 12.7. The van der Waals surface area contributed by atoms with Gasteiger partial charge < -0.3 is 14.8 Å². The smallest absolute Gasteiger partial charge is 0.335 e. The van der Waals surface area contributed by atoms with Gasteiger partial charge in [-0.25, -0.2) is 4.79 Å². The molecule has 1 fully saturated rings. The predicted octanol–water partition coefficient (Wildman–Crippen LogP) is 4.63. The van der Waals surface area contributed by atoms with Crippen LogP contribution in [0.5, 0.6) is 0 Å². The third-order valence-electron chi connectivity index (χ3n) is 4.77. The molecule has 1 aromatic heterocycles. The monoisotopic (exact) mass is 462 g/mol. The minimum Gasteiger partial charge on any atom is -0.478 e. The molecule has 1 aliphatic heterocycles. The number of carbonyl (C=O) groups excluding carboxylic acids is 3. The summed E-state index contributed by atoms with van der Waals surface area (Å²) in [5.74, 6) is -1.39. The number of carbonyl (C=O) groups is 4. The molecule has 0 unspecified atom stereocenters. The number of thioether (sulfide) groups is 1. The number of benzene rings is 2. The highest BCUT2D eigenvalue weighted by molar-refractivity contribution is 8.18. The lowest BCUT2D eigenvalue weighted by molar-refractivity contribution is -0.127. The van der Waals surface area contributed by atoms with Gasteiger partial charge in [-0.15, -0.1) is 0 Å². The largest absolute Gasteiger partial charge is 0.478 e. The van der Waals surface area contributed by atoms with Gasteiger partial charge in [-0.2, -0.15) is 0 Å². The van der Waals surface area contributed by atoms with Gasteiger partial charge in [-0.1, -0.05) is 24.3 Å². The average molecular weight is 462 g/mol. The fourth-order valence-electron chi connectivity index (χ4n) is 3.22. The third kappa shape index (κ3) is 5.04. The highest BCUT2D eigenvalue weighted by atomic mass is 32.2. The molecule has 2 aromatic carbocycles. The molecule has 0 atom stereocenters. The molecule has 2 heterocycles. The molecule has 0 saturated carbocycles. The molecule has 0 aliphatic carbocycles. The second-order valence-electron chi connectivity index (χ2n) is 7.27. The zero-order valence-corrected chi connectivity index (χ0v) is 18.2. The van der Waals surface area contributed by atoms with Crippen LogP contribution in [0.2, 0.25) is 0 Å². The lowest BCUT2D eigenvalue weighted by Crippen LogP contribution is -2.36. The standard InChI is InChI=1S/C24H18N2O6S/c1-14-4-2-7-17(10-14)25-21(27)13-26-22(28)20(33-24(26)31)12-18-8-9-19(32-18)15-5-3-6-16(11-15)23(29)30/h2-12H,13H2,1H3,(H,25,27)(H,29,30)/b20-12+. The van der Waals surface area contributed by atoms with Gasteiger partial charge in [-0.3, -0.25) is 19.3 Å². The van der Waals surface area contributed by atoms with Crippen LogP contribution in [0.1, 0.15) is 21.7 Å². The van der Waals surface area contributed by atoms with E-state index in [1.807, 2.05) is 13.0 Å². The number of aromatic carboxylic acids is 1. The highest BCUT2D eigenvalue weighted by Crippen LogP contribution is 2.33. The van der Waals surface area contributed by atoms with Gasteiger partial charge in [0.05, 0.1) is 10.5 Å². The fourth-order valence-corrected chi connectivity index (χ4v) is 4.04. The minimum atomic E-state index is -1.05. The number of amides is 3. The number of nitrogens with one attached hydrogen (secondary N) is 1. The molecule has 0 radical (unpaired) electrons. The number of furan rings is 1. The molecule has 4 rings (SSSR count). The number of hydrogen-bond acceptors (Lipinski definition) is 6. The van der Waals surface area contributed by atoms with E-state index in [0.29, 0.717) is 22.8 Å². The Morgan fingerprint density at radius 2 is 1.88 bits per heavy atom. The van der Waals surface area contributed by atoms with E-state index in [0.717, 1.165) is 22.2 Å². The summed E-state index contributed by atoms with van der Waals surface area (Å²) in [6, 6.07) is 16.7. The van der Waals surface area contributed by atoms with E-state index in [4.69, 9.17) is 9.52 Å². The summed E-state index contributed by atoms with van der Waals surface area (Å²) in [5, 5.41) is 11.3. The van der Waals surface area contributed by atoms with E-state index < -0.39 is 29.6 Å². The van der Waals surface area contributed by atoms with Gasteiger partial charge in [-0.05, 0) is 60.6 Å². The van der Waals surface area contributed by atoms with Crippen LogP contribution in [-0.4, -0.2) is 39.6 Å². The van der Waals surface area contributed by atoms with Gasteiger partial charge >= 0.3 is 5.97 Å². The van der Waals surface area contributed by atoms with Crippen molar-refractivity contribution in [3.05, 3.63) is 82.5 Å². The normalized spacial score (nSPS) is 14.7. The second kappa shape index (κ2) is 9.17. The van der Waals surface area contributed by atoms with Gasteiger partial charge in [0.15, 0.2) is 0 Å². The zero-order chi connectivity index (χ0) is 23.5. The number of rotatable bonds is 6. The van der Waals surface area contributed by atoms with Crippen molar-refractivity contribution in [2.45, 2.75) is 6.92 Å². The molecular weight excluding hydrogens is 444 g/mol. The number of carboxylic acids is 1. The number of carboxylic acid groups (broad SMARTS) is 1. The van der Waals surface area contributed by atoms with Gasteiger partial charge in [0.1, 0.15) is 18.1 Å². The Balaban J connectivity index is 1.46. The summed E-state index contributed by atoms with van der Waals surface area (Å²) in [5.41, 5.74) is 2.23. The maximum absolute atomic E-state index is 12.7. The lowest BCUT2D eigenvalue weighted by Gasteiger charge is -2.12. The van der Waals surface area contributed by atoms with Crippen LogP contribution < -0.4 is 5.32 Å². The first-order valence-electron chi connectivity index (χ1n) is 9.85. The molecule has 1 saturated heterocycles. The molecule has 3 aromatic rings. The van der Waals surface area contributed by atoms with Gasteiger partial charge in [0, 0.05) is 17.3 Å². The van der Waals surface area contributed by atoms with E-state index in [2.05, 4.69) is 5.32 Å². The van der Waals surface area contributed by atoms with Gasteiger partial charge in [0.2, 0.25) is 5.91 Å². The van der Waals surface area contributed by atoms with Crippen LogP contribution >= 0.6 is 11.8 Å². The number of anilines is 1. The molecule has 1 aliphatic rings.